The monoisotopic (exact) mass is 198 g/mol. The second-order valence-electron chi connectivity index (χ2n) is 2.44. The van der Waals surface area contributed by atoms with Crippen molar-refractivity contribution in [3.8, 4) is 0 Å². The lowest BCUT2D eigenvalue weighted by molar-refractivity contribution is 0.344. The molecule has 68 valence electrons. The van der Waals surface area contributed by atoms with Gasteiger partial charge in [0, 0.05) is 6.16 Å². The van der Waals surface area contributed by atoms with Gasteiger partial charge in [0.1, 0.15) is 0 Å². The Kier molecular flexibility index (Phi) is 6.31. The van der Waals surface area contributed by atoms with E-state index in [0.717, 1.165) is 19.3 Å². The fourth-order valence-corrected chi connectivity index (χ4v) is 2.58. The van der Waals surface area contributed by atoms with E-state index in [2.05, 4.69) is 6.92 Å². The summed E-state index contributed by atoms with van der Waals surface area (Å²) in [7, 11) is 0. The van der Waals surface area contributed by atoms with Crippen LogP contribution in [0.1, 0.15) is 33.1 Å². The highest BCUT2D eigenvalue weighted by Crippen LogP contribution is 2.52. The summed E-state index contributed by atoms with van der Waals surface area (Å²) in [6.07, 6.45) is 3.60. The predicted molar refractivity (Wildman–Crippen MR) is 49.5 cm³/mol. The SMILES string of the molecule is CCCCCP(=O)(Cl)OCC. The van der Waals surface area contributed by atoms with Crippen molar-refractivity contribution in [2.75, 3.05) is 12.8 Å². The molecule has 0 rings (SSSR count). The summed E-state index contributed by atoms with van der Waals surface area (Å²) in [6, 6.07) is 0. The molecule has 0 bridgehead atoms. The van der Waals surface area contributed by atoms with E-state index in [1.165, 1.54) is 0 Å². The molecule has 0 heterocycles. The van der Waals surface area contributed by atoms with Crippen LogP contribution in [-0.4, -0.2) is 12.8 Å². The number of unbranched alkanes of at least 4 members (excludes halogenated alkanes) is 2. The van der Waals surface area contributed by atoms with Crippen LogP contribution in [0.25, 0.3) is 0 Å². The topological polar surface area (TPSA) is 26.3 Å². The van der Waals surface area contributed by atoms with Crippen molar-refractivity contribution >= 4 is 18.0 Å². The smallest absolute Gasteiger partial charge is 0.290 e. The third kappa shape index (κ3) is 6.86. The Labute approximate surface area is 73.5 Å². The van der Waals surface area contributed by atoms with Crippen LogP contribution in [0.2, 0.25) is 0 Å². The van der Waals surface area contributed by atoms with Crippen LogP contribution in [0.3, 0.4) is 0 Å². The molecule has 0 radical (unpaired) electrons. The fraction of sp³-hybridized carbons (Fsp3) is 1.00. The summed E-state index contributed by atoms with van der Waals surface area (Å²) in [5.74, 6) is 0. The van der Waals surface area contributed by atoms with Crippen molar-refractivity contribution < 1.29 is 9.09 Å². The highest BCUT2D eigenvalue weighted by molar-refractivity contribution is 7.85. The highest BCUT2D eigenvalue weighted by Gasteiger charge is 2.16. The van der Waals surface area contributed by atoms with Gasteiger partial charge in [0.15, 0.2) is 0 Å². The average molecular weight is 199 g/mol. The third-order valence-corrected chi connectivity index (χ3v) is 3.64. The molecule has 0 N–H and O–H groups in total. The summed E-state index contributed by atoms with van der Waals surface area (Å²) in [5, 5.41) is 0. The van der Waals surface area contributed by atoms with Crippen molar-refractivity contribution in [3.05, 3.63) is 0 Å². The second kappa shape index (κ2) is 6.05. The van der Waals surface area contributed by atoms with E-state index in [4.69, 9.17) is 15.8 Å². The van der Waals surface area contributed by atoms with Gasteiger partial charge in [-0.1, -0.05) is 19.8 Å². The van der Waals surface area contributed by atoms with E-state index in [9.17, 15) is 4.57 Å². The first kappa shape index (κ1) is 11.5. The molecule has 0 fully saturated rings. The molecule has 0 saturated heterocycles. The van der Waals surface area contributed by atoms with Gasteiger partial charge in [-0.15, -0.1) is 0 Å². The van der Waals surface area contributed by atoms with Gasteiger partial charge in [-0.05, 0) is 24.6 Å². The summed E-state index contributed by atoms with van der Waals surface area (Å²) in [5.41, 5.74) is 0. The van der Waals surface area contributed by atoms with Crippen molar-refractivity contribution in [3.63, 3.8) is 0 Å². The lowest BCUT2D eigenvalue weighted by atomic mass is 10.3. The van der Waals surface area contributed by atoms with Crippen molar-refractivity contribution in [2.45, 2.75) is 33.1 Å². The van der Waals surface area contributed by atoms with E-state index >= 15 is 0 Å². The first-order chi connectivity index (χ1) is 5.12. The molecule has 1 atom stereocenters. The molecule has 11 heavy (non-hydrogen) atoms. The standard InChI is InChI=1S/C7H16ClO2P/c1-3-5-6-7-11(8,9)10-4-2/h3-7H2,1-2H3. The Hall–Kier alpha value is 0.480. The molecular weight excluding hydrogens is 183 g/mol. The first-order valence-electron chi connectivity index (χ1n) is 4.05. The Morgan fingerprint density at radius 1 is 1.36 bits per heavy atom. The van der Waals surface area contributed by atoms with Gasteiger partial charge in [-0.25, -0.2) is 0 Å². The van der Waals surface area contributed by atoms with Crippen LogP contribution in [-0.2, 0) is 9.09 Å². The summed E-state index contributed by atoms with van der Waals surface area (Å²) in [6.45, 7) is 1.58. The summed E-state index contributed by atoms with van der Waals surface area (Å²) >= 11 is 5.61. The van der Waals surface area contributed by atoms with E-state index in [-0.39, 0.29) is 0 Å². The minimum atomic E-state index is -2.75. The number of hydrogen-bond acceptors (Lipinski definition) is 2. The minimum Gasteiger partial charge on any atom is -0.318 e. The van der Waals surface area contributed by atoms with E-state index < -0.39 is 6.72 Å². The van der Waals surface area contributed by atoms with E-state index in [1.54, 1.807) is 6.92 Å². The van der Waals surface area contributed by atoms with Crippen LogP contribution < -0.4 is 0 Å². The molecule has 0 aromatic rings. The Morgan fingerprint density at radius 2 is 2.00 bits per heavy atom. The van der Waals surface area contributed by atoms with Gasteiger partial charge in [-0.2, -0.15) is 0 Å². The second-order valence-corrected chi connectivity index (χ2v) is 5.87. The van der Waals surface area contributed by atoms with E-state index in [1.807, 2.05) is 0 Å². The molecule has 0 amide bonds. The van der Waals surface area contributed by atoms with Crippen molar-refractivity contribution in [2.24, 2.45) is 0 Å². The first-order valence-corrected chi connectivity index (χ1v) is 6.77. The molecule has 0 aromatic carbocycles. The molecule has 4 heteroatoms. The number of rotatable bonds is 6. The largest absolute Gasteiger partial charge is 0.318 e. The van der Waals surface area contributed by atoms with Crippen LogP contribution in [0.15, 0.2) is 0 Å². The van der Waals surface area contributed by atoms with Gasteiger partial charge in [0.2, 0.25) is 0 Å². The molecule has 0 aromatic heterocycles. The van der Waals surface area contributed by atoms with Gasteiger partial charge >= 0.3 is 0 Å². The molecule has 1 unspecified atom stereocenters. The van der Waals surface area contributed by atoms with Crippen molar-refractivity contribution in [1.82, 2.24) is 0 Å². The van der Waals surface area contributed by atoms with Crippen LogP contribution in [0.4, 0.5) is 0 Å². The van der Waals surface area contributed by atoms with Crippen LogP contribution in [0, 0.1) is 0 Å². The zero-order valence-electron chi connectivity index (χ0n) is 7.18. The van der Waals surface area contributed by atoms with Gasteiger partial charge in [-0.3, -0.25) is 4.57 Å². The molecule has 2 nitrogen and oxygen atoms in total. The lowest BCUT2D eigenvalue weighted by Gasteiger charge is -2.08. The maximum atomic E-state index is 11.2. The Balaban J connectivity index is 3.47. The maximum absolute atomic E-state index is 11.2. The summed E-state index contributed by atoms with van der Waals surface area (Å²) in [4.78, 5) is 0. The fourth-order valence-electron chi connectivity index (χ4n) is 0.808. The van der Waals surface area contributed by atoms with Crippen molar-refractivity contribution in [1.29, 1.82) is 0 Å². The highest BCUT2D eigenvalue weighted by atomic mass is 35.7. The molecule has 0 aliphatic heterocycles. The number of halogens is 1. The van der Waals surface area contributed by atoms with Crippen LogP contribution in [0.5, 0.6) is 0 Å². The predicted octanol–water partition coefficient (Wildman–Crippen LogP) is 3.65. The zero-order valence-corrected chi connectivity index (χ0v) is 8.83. The normalized spacial score (nSPS) is 16.3. The molecule has 0 spiro atoms. The maximum Gasteiger partial charge on any atom is 0.290 e. The number of hydrogen-bond donors (Lipinski definition) is 0. The molecule has 0 aliphatic rings. The molecule has 0 saturated carbocycles. The third-order valence-electron chi connectivity index (χ3n) is 1.35. The lowest BCUT2D eigenvalue weighted by Crippen LogP contribution is -1.89. The van der Waals surface area contributed by atoms with Crippen LogP contribution >= 0.6 is 18.0 Å². The summed E-state index contributed by atoms with van der Waals surface area (Å²) < 4.78 is 16.1. The zero-order chi connectivity index (χ0) is 8.74. The van der Waals surface area contributed by atoms with Gasteiger partial charge in [0.25, 0.3) is 6.72 Å². The Bertz CT molecular complexity index is 138. The minimum absolute atomic E-state index is 0.437. The quantitative estimate of drug-likeness (QED) is 0.481. The Morgan fingerprint density at radius 3 is 2.45 bits per heavy atom. The van der Waals surface area contributed by atoms with E-state index in [0.29, 0.717) is 12.8 Å². The average Bonchev–Trinajstić information content (AvgIpc) is 1.87. The van der Waals surface area contributed by atoms with Gasteiger partial charge in [0.05, 0.1) is 6.61 Å². The van der Waals surface area contributed by atoms with Gasteiger partial charge < -0.3 is 4.52 Å². The molecule has 0 aliphatic carbocycles. The molecular formula is C7H16ClO2P.